The lowest BCUT2D eigenvalue weighted by Gasteiger charge is -2.21. The average molecular weight is 281 g/mol. The summed E-state index contributed by atoms with van der Waals surface area (Å²) in [6.07, 6.45) is 2.75. The number of benzene rings is 1. The van der Waals surface area contributed by atoms with Gasteiger partial charge in [-0.05, 0) is 48.9 Å². The fourth-order valence-electron chi connectivity index (χ4n) is 2.26. The Kier molecular flexibility index (Phi) is 5.12. The minimum atomic E-state index is 0.680. The van der Waals surface area contributed by atoms with Crippen molar-refractivity contribution in [3.63, 3.8) is 0 Å². The third-order valence-corrected chi connectivity index (χ3v) is 3.84. The molecule has 1 aromatic rings. The van der Waals surface area contributed by atoms with Gasteiger partial charge >= 0.3 is 0 Å². The van der Waals surface area contributed by atoms with Crippen molar-refractivity contribution < 1.29 is 0 Å². The van der Waals surface area contributed by atoms with Gasteiger partial charge in [-0.25, -0.2) is 0 Å². The van der Waals surface area contributed by atoms with Crippen molar-refractivity contribution in [2.24, 2.45) is 11.8 Å². The molecule has 1 saturated carbocycles. The third kappa shape index (κ3) is 4.70. The second-order valence-electron chi connectivity index (χ2n) is 6.13. The van der Waals surface area contributed by atoms with Gasteiger partial charge in [-0.3, -0.25) is 0 Å². The second kappa shape index (κ2) is 6.62. The van der Waals surface area contributed by atoms with Crippen molar-refractivity contribution >= 4 is 17.3 Å². The first-order valence-electron chi connectivity index (χ1n) is 7.26. The molecule has 0 radical (unpaired) electrons. The van der Waals surface area contributed by atoms with Gasteiger partial charge in [-0.1, -0.05) is 31.5 Å². The molecule has 19 heavy (non-hydrogen) atoms. The highest BCUT2D eigenvalue weighted by Crippen LogP contribution is 2.33. The maximum atomic E-state index is 6.40. The first kappa shape index (κ1) is 14.7. The van der Waals surface area contributed by atoms with Crippen molar-refractivity contribution in [1.82, 2.24) is 5.32 Å². The van der Waals surface area contributed by atoms with Crippen LogP contribution in [0.4, 0.5) is 5.69 Å². The average Bonchev–Trinajstić information content (AvgIpc) is 3.12. The molecule has 0 aliphatic heterocycles. The zero-order valence-corrected chi connectivity index (χ0v) is 13.0. The van der Waals surface area contributed by atoms with Crippen LogP contribution in [-0.2, 0) is 6.54 Å². The van der Waals surface area contributed by atoms with Gasteiger partial charge in [0.05, 0.1) is 10.7 Å². The molecule has 0 bridgehead atoms. The molecule has 0 aromatic heterocycles. The highest BCUT2D eigenvalue weighted by Gasteiger charge is 2.23. The predicted molar refractivity (Wildman–Crippen MR) is 84.0 cm³/mol. The van der Waals surface area contributed by atoms with Gasteiger partial charge in [0.1, 0.15) is 0 Å². The maximum Gasteiger partial charge on any atom is 0.0642 e. The molecule has 1 fully saturated rings. The van der Waals surface area contributed by atoms with Crippen molar-refractivity contribution in [2.45, 2.75) is 33.2 Å². The van der Waals surface area contributed by atoms with Crippen LogP contribution >= 0.6 is 11.6 Å². The first-order valence-corrected chi connectivity index (χ1v) is 7.64. The van der Waals surface area contributed by atoms with Gasteiger partial charge < -0.3 is 10.2 Å². The van der Waals surface area contributed by atoms with E-state index in [1.807, 2.05) is 0 Å². The van der Waals surface area contributed by atoms with Crippen molar-refractivity contribution in [3.05, 3.63) is 28.8 Å². The maximum absolute atomic E-state index is 6.40. The topological polar surface area (TPSA) is 15.3 Å². The van der Waals surface area contributed by atoms with Gasteiger partial charge in [0.2, 0.25) is 0 Å². The quantitative estimate of drug-likeness (QED) is 0.814. The predicted octanol–water partition coefficient (Wildman–Crippen LogP) is 3.93. The zero-order valence-electron chi connectivity index (χ0n) is 12.2. The van der Waals surface area contributed by atoms with E-state index in [4.69, 9.17) is 11.6 Å². The van der Waals surface area contributed by atoms with E-state index < -0.39 is 0 Å². The number of hydrogen-bond donors (Lipinski definition) is 1. The molecule has 2 nitrogen and oxygen atoms in total. The number of nitrogens with zero attached hydrogens (tertiary/aromatic N) is 1. The van der Waals surface area contributed by atoms with E-state index in [1.165, 1.54) is 18.4 Å². The lowest BCUT2D eigenvalue weighted by molar-refractivity contribution is 0.552. The summed E-state index contributed by atoms with van der Waals surface area (Å²) in [6, 6.07) is 6.42. The van der Waals surface area contributed by atoms with Crippen LogP contribution in [0.2, 0.25) is 5.02 Å². The van der Waals surface area contributed by atoms with Crippen LogP contribution in [0.15, 0.2) is 18.2 Å². The van der Waals surface area contributed by atoms with Crippen LogP contribution in [0.1, 0.15) is 32.3 Å². The normalized spacial score (nSPS) is 15.0. The van der Waals surface area contributed by atoms with Crippen LogP contribution in [0.25, 0.3) is 0 Å². The Morgan fingerprint density at radius 3 is 2.68 bits per heavy atom. The van der Waals surface area contributed by atoms with Crippen molar-refractivity contribution in [2.75, 3.05) is 25.0 Å². The Morgan fingerprint density at radius 1 is 1.37 bits per heavy atom. The Morgan fingerprint density at radius 2 is 2.11 bits per heavy atom. The molecule has 2 rings (SSSR count). The zero-order chi connectivity index (χ0) is 13.8. The van der Waals surface area contributed by atoms with E-state index in [0.29, 0.717) is 5.92 Å². The number of nitrogens with one attached hydrogen (secondary N) is 1. The SMILES string of the molecule is CC(C)CNCc1ccc(N(C)CC2CC2)c(Cl)c1. The van der Waals surface area contributed by atoms with Crippen LogP contribution in [-0.4, -0.2) is 20.1 Å². The molecule has 1 aromatic carbocycles. The molecular formula is C16H25ClN2. The van der Waals surface area contributed by atoms with E-state index in [-0.39, 0.29) is 0 Å². The van der Waals surface area contributed by atoms with Gasteiger partial charge in [0.15, 0.2) is 0 Å². The van der Waals surface area contributed by atoms with E-state index in [2.05, 4.69) is 49.3 Å². The fourth-order valence-corrected chi connectivity index (χ4v) is 2.61. The first-order chi connectivity index (χ1) is 9.06. The van der Waals surface area contributed by atoms with Crippen LogP contribution in [0, 0.1) is 11.8 Å². The molecule has 3 heteroatoms. The molecular weight excluding hydrogens is 256 g/mol. The lowest BCUT2D eigenvalue weighted by Crippen LogP contribution is -2.21. The lowest BCUT2D eigenvalue weighted by atomic mass is 10.1. The van der Waals surface area contributed by atoms with Gasteiger partial charge in [0, 0.05) is 20.1 Å². The molecule has 1 aliphatic rings. The number of hydrogen-bond acceptors (Lipinski definition) is 2. The summed E-state index contributed by atoms with van der Waals surface area (Å²) < 4.78 is 0. The van der Waals surface area contributed by atoms with Crippen LogP contribution < -0.4 is 10.2 Å². The molecule has 106 valence electrons. The highest BCUT2D eigenvalue weighted by atomic mass is 35.5. The van der Waals surface area contributed by atoms with E-state index >= 15 is 0 Å². The molecule has 0 atom stereocenters. The van der Waals surface area contributed by atoms with Crippen molar-refractivity contribution in [3.8, 4) is 0 Å². The van der Waals surface area contributed by atoms with E-state index in [1.54, 1.807) is 0 Å². The summed E-state index contributed by atoms with van der Waals surface area (Å²) in [7, 11) is 2.14. The molecule has 0 amide bonds. The molecule has 0 saturated heterocycles. The summed E-state index contributed by atoms with van der Waals surface area (Å²) in [6.45, 7) is 7.50. The molecule has 0 unspecified atom stereocenters. The van der Waals surface area contributed by atoms with Crippen LogP contribution in [0.3, 0.4) is 0 Å². The van der Waals surface area contributed by atoms with E-state index in [9.17, 15) is 0 Å². The minimum Gasteiger partial charge on any atom is -0.373 e. The third-order valence-electron chi connectivity index (χ3n) is 3.53. The molecule has 0 heterocycles. The Bertz CT molecular complexity index is 413. The molecule has 0 spiro atoms. The Balaban J connectivity index is 1.91. The summed E-state index contributed by atoms with van der Waals surface area (Å²) in [4.78, 5) is 2.28. The highest BCUT2D eigenvalue weighted by molar-refractivity contribution is 6.33. The number of anilines is 1. The standard InChI is InChI=1S/C16H25ClN2/c1-12(2)9-18-10-14-6-7-16(15(17)8-14)19(3)11-13-4-5-13/h6-8,12-13,18H,4-5,9-11H2,1-3H3. The van der Waals surface area contributed by atoms with E-state index in [0.717, 1.165) is 36.3 Å². The monoisotopic (exact) mass is 280 g/mol. The largest absolute Gasteiger partial charge is 0.373 e. The Labute approximate surface area is 122 Å². The summed E-state index contributed by atoms with van der Waals surface area (Å²) in [5.41, 5.74) is 2.41. The molecule has 1 N–H and O–H groups in total. The second-order valence-corrected chi connectivity index (χ2v) is 6.54. The number of halogens is 1. The van der Waals surface area contributed by atoms with Crippen LogP contribution in [0.5, 0.6) is 0 Å². The van der Waals surface area contributed by atoms with Crippen molar-refractivity contribution in [1.29, 1.82) is 0 Å². The smallest absolute Gasteiger partial charge is 0.0642 e. The minimum absolute atomic E-state index is 0.680. The van der Waals surface area contributed by atoms with Gasteiger partial charge in [-0.15, -0.1) is 0 Å². The summed E-state index contributed by atoms with van der Waals surface area (Å²) in [5, 5.41) is 4.31. The summed E-state index contributed by atoms with van der Waals surface area (Å²) >= 11 is 6.40. The Hall–Kier alpha value is -0.730. The van der Waals surface area contributed by atoms with Gasteiger partial charge in [-0.2, -0.15) is 0 Å². The fraction of sp³-hybridized carbons (Fsp3) is 0.625. The number of rotatable bonds is 7. The van der Waals surface area contributed by atoms with Gasteiger partial charge in [0.25, 0.3) is 0 Å². The molecule has 1 aliphatic carbocycles. The summed E-state index contributed by atoms with van der Waals surface area (Å²) in [5.74, 6) is 1.56.